The summed E-state index contributed by atoms with van der Waals surface area (Å²) in [6.45, 7) is 1.85. The Bertz CT molecular complexity index is 1200. The standard InChI is InChI=1S/C21H16N4O2/c1-14-13-15(11-12-22-14)23-20(26)19-17-9-5-6-10-18(17)21(27)25(24-19)16-7-3-2-4-8-16/h2-13H,1H3,(H,22,23,26). The van der Waals surface area contributed by atoms with Crippen molar-refractivity contribution in [3.05, 3.63) is 94.7 Å². The highest BCUT2D eigenvalue weighted by Gasteiger charge is 2.17. The molecule has 1 amide bonds. The van der Waals surface area contributed by atoms with E-state index in [0.29, 0.717) is 22.1 Å². The van der Waals surface area contributed by atoms with Crippen molar-refractivity contribution in [3.8, 4) is 5.69 Å². The van der Waals surface area contributed by atoms with Crippen molar-refractivity contribution in [2.45, 2.75) is 6.92 Å². The number of nitrogens with zero attached hydrogens (tertiary/aromatic N) is 3. The lowest BCUT2D eigenvalue weighted by Gasteiger charge is -2.11. The molecule has 4 aromatic rings. The summed E-state index contributed by atoms with van der Waals surface area (Å²) in [5.41, 5.74) is 1.93. The number of anilines is 1. The zero-order valence-electron chi connectivity index (χ0n) is 14.6. The van der Waals surface area contributed by atoms with E-state index < -0.39 is 0 Å². The number of amides is 1. The Morgan fingerprint density at radius 1 is 0.963 bits per heavy atom. The van der Waals surface area contributed by atoms with Gasteiger partial charge in [-0.2, -0.15) is 9.78 Å². The molecule has 0 fully saturated rings. The zero-order chi connectivity index (χ0) is 18.8. The Morgan fingerprint density at radius 3 is 2.41 bits per heavy atom. The van der Waals surface area contributed by atoms with E-state index in [0.717, 1.165) is 5.69 Å². The molecule has 27 heavy (non-hydrogen) atoms. The van der Waals surface area contributed by atoms with Crippen molar-refractivity contribution in [1.29, 1.82) is 0 Å². The van der Waals surface area contributed by atoms with E-state index in [1.807, 2.05) is 25.1 Å². The molecule has 2 heterocycles. The van der Waals surface area contributed by atoms with Crippen LogP contribution in [0.1, 0.15) is 16.2 Å². The van der Waals surface area contributed by atoms with Crippen LogP contribution in [-0.4, -0.2) is 20.7 Å². The van der Waals surface area contributed by atoms with Gasteiger partial charge in [0, 0.05) is 23.0 Å². The minimum atomic E-state index is -0.388. The van der Waals surface area contributed by atoms with Crippen LogP contribution in [0, 0.1) is 6.92 Å². The van der Waals surface area contributed by atoms with Crippen LogP contribution in [0.3, 0.4) is 0 Å². The molecular weight excluding hydrogens is 340 g/mol. The maximum Gasteiger partial charge on any atom is 0.279 e. The number of hydrogen-bond donors (Lipinski definition) is 1. The third kappa shape index (κ3) is 3.20. The maximum absolute atomic E-state index is 12.9. The van der Waals surface area contributed by atoms with Crippen LogP contribution < -0.4 is 10.9 Å². The van der Waals surface area contributed by atoms with Gasteiger partial charge < -0.3 is 5.32 Å². The molecule has 0 spiro atoms. The first kappa shape index (κ1) is 16.7. The van der Waals surface area contributed by atoms with E-state index >= 15 is 0 Å². The minimum absolute atomic E-state index is 0.184. The number of pyridine rings is 1. The Labute approximate surface area is 155 Å². The van der Waals surface area contributed by atoms with E-state index in [2.05, 4.69) is 15.4 Å². The number of para-hydroxylation sites is 1. The molecule has 0 saturated heterocycles. The quantitative estimate of drug-likeness (QED) is 0.611. The molecular formula is C21H16N4O2. The minimum Gasteiger partial charge on any atom is -0.320 e. The van der Waals surface area contributed by atoms with E-state index in [9.17, 15) is 9.59 Å². The van der Waals surface area contributed by atoms with Gasteiger partial charge in [0.2, 0.25) is 0 Å². The molecule has 0 bridgehead atoms. The Morgan fingerprint density at radius 2 is 1.67 bits per heavy atom. The lowest BCUT2D eigenvalue weighted by Crippen LogP contribution is -2.26. The van der Waals surface area contributed by atoms with Crippen molar-refractivity contribution < 1.29 is 4.79 Å². The van der Waals surface area contributed by atoms with E-state index in [4.69, 9.17) is 0 Å². The smallest absolute Gasteiger partial charge is 0.279 e. The first-order chi connectivity index (χ1) is 13.1. The van der Waals surface area contributed by atoms with Crippen LogP contribution in [0.25, 0.3) is 16.5 Å². The van der Waals surface area contributed by atoms with Gasteiger partial charge in [-0.3, -0.25) is 14.6 Å². The molecule has 132 valence electrons. The molecule has 0 aliphatic heterocycles. The molecule has 4 rings (SSSR count). The van der Waals surface area contributed by atoms with Crippen LogP contribution >= 0.6 is 0 Å². The first-order valence-electron chi connectivity index (χ1n) is 8.45. The summed E-state index contributed by atoms with van der Waals surface area (Å²) >= 11 is 0. The Kier molecular flexibility index (Phi) is 4.22. The van der Waals surface area contributed by atoms with Crippen molar-refractivity contribution in [2.75, 3.05) is 5.32 Å². The van der Waals surface area contributed by atoms with Crippen LogP contribution in [0.4, 0.5) is 5.69 Å². The lowest BCUT2D eigenvalue weighted by atomic mass is 10.1. The maximum atomic E-state index is 12.9. The topological polar surface area (TPSA) is 76.9 Å². The summed E-state index contributed by atoms with van der Waals surface area (Å²) in [6, 6.07) is 19.5. The molecule has 0 aliphatic rings. The normalized spacial score (nSPS) is 10.7. The molecule has 0 atom stereocenters. The fourth-order valence-electron chi connectivity index (χ4n) is 2.91. The third-order valence-electron chi connectivity index (χ3n) is 4.18. The molecule has 0 unspecified atom stereocenters. The highest BCUT2D eigenvalue weighted by molar-refractivity contribution is 6.11. The summed E-state index contributed by atoms with van der Waals surface area (Å²) < 4.78 is 1.26. The number of benzene rings is 2. The molecule has 6 nitrogen and oxygen atoms in total. The van der Waals surface area contributed by atoms with Gasteiger partial charge >= 0.3 is 0 Å². The Hall–Kier alpha value is -3.80. The van der Waals surface area contributed by atoms with Crippen molar-refractivity contribution in [2.24, 2.45) is 0 Å². The second-order valence-corrected chi connectivity index (χ2v) is 6.09. The number of nitrogens with one attached hydrogen (secondary N) is 1. The van der Waals surface area contributed by atoms with E-state index in [1.54, 1.807) is 54.7 Å². The summed E-state index contributed by atoms with van der Waals surface area (Å²) in [7, 11) is 0. The van der Waals surface area contributed by atoms with Crippen LogP contribution in [0.15, 0.2) is 77.7 Å². The van der Waals surface area contributed by atoms with Gasteiger partial charge in [-0.15, -0.1) is 0 Å². The molecule has 0 aliphatic carbocycles. The van der Waals surface area contributed by atoms with Crippen molar-refractivity contribution >= 4 is 22.4 Å². The van der Waals surface area contributed by atoms with Gasteiger partial charge in [-0.05, 0) is 37.3 Å². The SMILES string of the molecule is Cc1cc(NC(=O)c2nn(-c3ccccc3)c(=O)c3ccccc23)ccn1. The fraction of sp³-hybridized carbons (Fsp3) is 0.0476. The average molecular weight is 356 g/mol. The zero-order valence-corrected chi connectivity index (χ0v) is 14.6. The monoisotopic (exact) mass is 356 g/mol. The van der Waals surface area contributed by atoms with Crippen LogP contribution in [0.5, 0.6) is 0 Å². The van der Waals surface area contributed by atoms with Gasteiger partial charge in [-0.25, -0.2) is 0 Å². The highest BCUT2D eigenvalue weighted by atomic mass is 16.2. The second-order valence-electron chi connectivity index (χ2n) is 6.09. The largest absolute Gasteiger partial charge is 0.320 e. The van der Waals surface area contributed by atoms with Gasteiger partial charge in [0.1, 0.15) is 0 Å². The molecule has 2 aromatic carbocycles. The molecule has 0 saturated carbocycles. The third-order valence-corrected chi connectivity index (χ3v) is 4.18. The summed E-state index contributed by atoms with van der Waals surface area (Å²) in [5, 5.41) is 8.15. The average Bonchev–Trinajstić information content (AvgIpc) is 2.69. The number of aromatic nitrogens is 3. The van der Waals surface area contributed by atoms with Gasteiger partial charge in [0.15, 0.2) is 5.69 Å². The molecule has 1 N–H and O–H groups in total. The molecule has 0 radical (unpaired) electrons. The number of fused-ring (bicyclic) bond motifs is 1. The highest BCUT2D eigenvalue weighted by Crippen LogP contribution is 2.17. The van der Waals surface area contributed by atoms with Crippen LogP contribution in [0.2, 0.25) is 0 Å². The molecule has 2 aromatic heterocycles. The summed E-state index contributed by atoms with van der Waals surface area (Å²) in [5.74, 6) is -0.388. The number of carbonyl (C=O) groups excluding carboxylic acids is 1. The number of hydrogen-bond acceptors (Lipinski definition) is 4. The van der Waals surface area contributed by atoms with Crippen molar-refractivity contribution in [1.82, 2.24) is 14.8 Å². The lowest BCUT2D eigenvalue weighted by molar-refractivity contribution is 0.102. The van der Waals surface area contributed by atoms with E-state index in [1.165, 1.54) is 4.68 Å². The predicted molar refractivity (Wildman–Crippen MR) is 104 cm³/mol. The molecule has 6 heteroatoms. The summed E-state index contributed by atoms with van der Waals surface area (Å²) in [4.78, 5) is 29.9. The first-order valence-corrected chi connectivity index (χ1v) is 8.45. The van der Waals surface area contributed by atoms with Gasteiger partial charge in [0.05, 0.1) is 11.1 Å². The fourth-order valence-corrected chi connectivity index (χ4v) is 2.91. The van der Waals surface area contributed by atoms with Gasteiger partial charge in [-0.1, -0.05) is 36.4 Å². The van der Waals surface area contributed by atoms with Gasteiger partial charge in [0.25, 0.3) is 11.5 Å². The number of carbonyl (C=O) groups is 1. The number of rotatable bonds is 3. The predicted octanol–water partition coefficient (Wildman–Crippen LogP) is 3.34. The number of aryl methyl sites for hydroxylation is 1. The second kappa shape index (κ2) is 6.84. The van der Waals surface area contributed by atoms with Crippen LogP contribution in [-0.2, 0) is 0 Å². The van der Waals surface area contributed by atoms with Crippen molar-refractivity contribution in [3.63, 3.8) is 0 Å². The van der Waals surface area contributed by atoms with E-state index in [-0.39, 0.29) is 17.2 Å². The summed E-state index contributed by atoms with van der Waals surface area (Å²) in [6.07, 6.45) is 1.63. The Balaban J connectivity index is 1.88.